The predicted molar refractivity (Wildman–Crippen MR) is 84.1 cm³/mol. The number of aryl methyl sites for hydroxylation is 2. The number of hydrogen-bond acceptors (Lipinski definition) is 1. The Morgan fingerprint density at radius 1 is 0.850 bits per heavy atom. The number of aliphatic carboxylic acids is 1. The molecule has 20 heavy (non-hydrogen) atoms. The van der Waals surface area contributed by atoms with Gasteiger partial charge in [-0.3, -0.25) is 4.79 Å². The van der Waals surface area contributed by atoms with Crippen LogP contribution >= 0.6 is 0 Å². The van der Waals surface area contributed by atoms with Crippen molar-refractivity contribution in [1.29, 1.82) is 0 Å². The summed E-state index contributed by atoms with van der Waals surface area (Å²) in [4.78, 5) is 10.4. The van der Waals surface area contributed by atoms with Crippen molar-refractivity contribution in [3.63, 3.8) is 0 Å². The summed E-state index contributed by atoms with van der Waals surface area (Å²) >= 11 is 0. The van der Waals surface area contributed by atoms with Crippen molar-refractivity contribution < 1.29 is 9.90 Å². The van der Waals surface area contributed by atoms with E-state index in [4.69, 9.17) is 5.11 Å². The Labute approximate surface area is 123 Å². The smallest absolute Gasteiger partial charge is 0.303 e. The second kappa shape index (κ2) is 10.5. The largest absolute Gasteiger partial charge is 0.481 e. The zero-order chi connectivity index (χ0) is 14.6. The Hall–Kier alpha value is -1.31. The van der Waals surface area contributed by atoms with Crippen LogP contribution in [0.5, 0.6) is 0 Å². The van der Waals surface area contributed by atoms with Crippen LogP contribution in [0.25, 0.3) is 0 Å². The van der Waals surface area contributed by atoms with Gasteiger partial charge in [-0.05, 0) is 36.8 Å². The molecule has 0 amide bonds. The van der Waals surface area contributed by atoms with Gasteiger partial charge in [-0.2, -0.15) is 0 Å². The molecule has 0 heterocycles. The number of benzene rings is 1. The van der Waals surface area contributed by atoms with Crippen LogP contribution in [0.3, 0.4) is 0 Å². The van der Waals surface area contributed by atoms with Gasteiger partial charge in [-0.25, -0.2) is 0 Å². The molecule has 0 aromatic heterocycles. The van der Waals surface area contributed by atoms with Gasteiger partial charge in [0.05, 0.1) is 0 Å². The van der Waals surface area contributed by atoms with E-state index < -0.39 is 5.97 Å². The van der Waals surface area contributed by atoms with Gasteiger partial charge < -0.3 is 5.11 Å². The monoisotopic (exact) mass is 276 g/mol. The van der Waals surface area contributed by atoms with Crippen molar-refractivity contribution in [2.24, 2.45) is 0 Å². The molecule has 0 aliphatic rings. The molecule has 1 N–H and O–H groups in total. The molecule has 0 saturated carbocycles. The quantitative estimate of drug-likeness (QED) is 0.578. The summed E-state index contributed by atoms with van der Waals surface area (Å²) in [5.41, 5.74) is 2.88. The fourth-order valence-corrected chi connectivity index (χ4v) is 2.47. The standard InChI is InChI=1S/C18H28O2/c1-2-9-16-12-14-17(15-13-16)10-7-5-3-4-6-8-11-18(19)20/h12-15H,2-11H2,1H3,(H,19,20). The van der Waals surface area contributed by atoms with Crippen LogP contribution in [-0.2, 0) is 17.6 Å². The lowest BCUT2D eigenvalue weighted by molar-refractivity contribution is -0.137. The fourth-order valence-electron chi connectivity index (χ4n) is 2.47. The molecule has 0 bridgehead atoms. The molecule has 1 aromatic rings. The summed E-state index contributed by atoms with van der Waals surface area (Å²) in [6, 6.07) is 9.03. The van der Waals surface area contributed by atoms with Crippen molar-refractivity contribution >= 4 is 5.97 Å². The summed E-state index contributed by atoms with van der Waals surface area (Å²) in [7, 11) is 0. The highest BCUT2D eigenvalue weighted by atomic mass is 16.4. The average Bonchev–Trinajstić information content (AvgIpc) is 2.43. The molecule has 0 fully saturated rings. The van der Waals surface area contributed by atoms with E-state index in [2.05, 4.69) is 31.2 Å². The molecule has 0 radical (unpaired) electrons. The zero-order valence-electron chi connectivity index (χ0n) is 12.7. The number of carboxylic acid groups (broad SMARTS) is 1. The van der Waals surface area contributed by atoms with Crippen LogP contribution in [0.15, 0.2) is 24.3 Å². The highest BCUT2D eigenvalue weighted by Gasteiger charge is 1.98. The highest BCUT2D eigenvalue weighted by Crippen LogP contribution is 2.12. The van der Waals surface area contributed by atoms with E-state index >= 15 is 0 Å². The van der Waals surface area contributed by atoms with E-state index in [9.17, 15) is 4.79 Å². The van der Waals surface area contributed by atoms with Crippen molar-refractivity contribution in [3.05, 3.63) is 35.4 Å². The molecular formula is C18H28O2. The van der Waals surface area contributed by atoms with Gasteiger partial charge in [0.1, 0.15) is 0 Å². The minimum Gasteiger partial charge on any atom is -0.481 e. The molecule has 112 valence electrons. The van der Waals surface area contributed by atoms with Crippen LogP contribution in [0.1, 0.15) is 69.4 Å². The van der Waals surface area contributed by atoms with Crippen molar-refractivity contribution in [2.45, 2.75) is 71.1 Å². The lowest BCUT2D eigenvalue weighted by Gasteiger charge is -2.04. The fraction of sp³-hybridized carbons (Fsp3) is 0.611. The van der Waals surface area contributed by atoms with Crippen LogP contribution in [-0.4, -0.2) is 11.1 Å². The third-order valence-electron chi connectivity index (χ3n) is 3.67. The first-order chi connectivity index (χ1) is 9.72. The first-order valence-corrected chi connectivity index (χ1v) is 8.02. The van der Waals surface area contributed by atoms with Gasteiger partial charge in [-0.15, -0.1) is 0 Å². The number of unbranched alkanes of at least 4 members (excludes halogenated alkanes) is 5. The second-order valence-corrected chi connectivity index (χ2v) is 5.58. The van der Waals surface area contributed by atoms with E-state index in [0.29, 0.717) is 6.42 Å². The molecule has 0 atom stereocenters. The lowest BCUT2D eigenvalue weighted by Crippen LogP contribution is -1.93. The van der Waals surface area contributed by atoms with Crippen molar-refractivity contribution in [2.75, 3.05) is 0 Å². The maximum Gasteiger partial charge on any atom is 0.303 e. The van der Waals surface area contributed by atoms with E-state index in [-0.39, 0.29) is 0 Å². The molecule has 1 rings (SSSR count). The van der Waals surface area contributed by atoms with Gasteiger partial charge in [0, 0.05) is 6.42 Å². The normalized spacial score (nSPS) is 10.7. The molecular weight excluding hydrogens is 248 g/mol. The van der Waals surface area contributed by atoms with Crippen molar-refractivity contribution in [1.82, 2.24) is 0 Å². The maximum atomic E-state index is 10.4. The number of rotatable bonds is 11. The van der Waals surface area contributed by atoms with E-state index in [1.54, 1.807) is 0 Å². The van der Waals surface area contributed by atoms with Gasteiger partial charge in [0.15, 0.2) is 0 Å². The Balaban J connectivity index is 2.02. The Bertz CT molecular complexity index is 368. The van der Waals surface area contributed by atoms with Gasteiger partial charge >= 0.3 is 5.97 Å². The maximum absolute atomic E-state index is 10.4. The minimum atomic E-state index is -0.670. The summed E-state index contributed by atoms with van der Waals surface area (Å²) in [5.74, 6) is -0.670. The summed E-state index contributed by atoms with van der Waals surface area (Å²) < 4.78 is 0. The third-order valence-corrected chi connectivity index (χ3v) is 3.67. The molecule has 2 heteroatoms. The molecule has 0 aliphatic carbocycles. The van der Waals surface area contributed by atoms with Crippen LogP contribution in [0, 0.1) is 0 Å². The summed E-state index contributed by atoms with van der Waals surface area (Å²) in [5, 5.41) is 8.53. The second-order valence-electron chi connectivity index (χ2n) is 5.58. The highest BCUT2D eigenvalue weighted by molar-refractivity contribution is 5.66. The molecule has 0 saturated heterocycles. The summed E-state index contributed by atoms with van der Waals surface area (Å²) in [6.45, 7) is 2.21. The molecule has 0 spiro atoms. The molecule has 1 aromatic carbocycles. The van der Waals surface area contributed by atoms with Gasteiger partial charge in [0.2, 0.25) is 0 Å². The number of hydrogen-bond donors (Lipinski definition) is 1. The Kier molecular flexibility index (Phi) is 8.77. The van der Waals surface area contributed by atoms with Crippen LogP contribution in [0.4, 0.5) is 0 Å². The lowest BCUT2D eigenvalue weighted by atomic mass is 10.0. The van der Waals surface area contributed by atoms with E-state index in [1.807, 2.05) is 0 Å². The van der Waals surface area contributed by atoms with Gasteiger partial charge in [-0.1, -0.05) is 63.3 Å². The SMILES string of the molecule is CCCc1ccc(CCCCCCCCC(=O)O)cc1. The topological polar surface area (TPSA) is 37.3 Å². The van der Waals surface area contributed by atoms with E-state index in [1.165, 1.54) is 56.1 Å². The zero-order valence-corrected chi connectivity index (χ0v) is 12.7. The molecule has 2 nitrogen and oxygen atoms in total. The van der Waals surface area contributed by atoms with Crippen LogP contribution < -0.4 is 0 Å². The molecule has 0 aliphatic heterocycles. The van der Waals surface area contributed by atoms with Crippen molar-refractivity contribution in [3.8, 4) is 0 Å². The van der Waals surface area contributed by atoms with Crippen LogP contribution in [0.2, 0.25) is 0 Å². The van der Waals surface area contributed by atoms with E-state index in [0.717, 1.165) is 12.8 Å². The predicted octanol–water partition coefficient (Wildman–Crippen LogP) is 5.00. The minimum absolute atomic E-state index is 0.324. The summed E-state index contributed by atoms with van der Waals surface area (Å²) in [6.07, 6.45) is 10.7. The Morgan fingerprint density at radius 3 is 1.90 bits per heavy atom. The Morgan fingerprint density at radius 2 is 1.35 bits per heavy atom. The van der Waals surface area contributed by atoms with Gasteiger partial charge in [0.25, 0.3) is 0 Å². The first-order valence-electron chi connectivity index (χ1n) is 8.02. The number of carboxylic acids is 1. The average molecular weight is 276 g/mol. The molecule has 0 unspecified atom stereocenters. The number of carbonyl (C=O) groups is 1. The first kappa shape index (κ1) is 16.7. The third kappa shape index (κ3) is 7.98.